The van der Waals surface area contributed by atoms with Gasteiger partial charge < -0.3 is 4.74 Å². The number of ether oxygens (including phenoxy) is 1. The highest BCUT2D eigenvalue weighted by Gasteiger charge is 2.10. The molecule has 0 aliphatic rings. The summed E-state index contributed by atoms with van der Waals surface area (Å²) >= 11 is 0. The highest BCUT2D eigenvalue weighted by Crippen LogP contribution is 2.08. The molecule has 0 N–H and O–H groups in total. The second-order valence-corrected chi connectivity index (χ2v) is 2.67. The maximum absolute atomic E-state index is 11.4. The summed E-state index contributed by atoms with van der Waals surface area (Å²) in [6.07, 6.45) is 8.95. The van der Waals surface area contributed by atoms with Crippen LogP contribution in [-0.2, 0) is 11.2 Å². The van der Waals surface area contributed by atoms with Crippen LogP contribution in [0.2, 0.25) is 0 Å². The summed E-state index contributed by atoms with van der Waals surface area (Å²) in [6, 6.07) is 1.64. The number of aromatic nitrogens is 1. The normalized spacial score (nSPS) is 9.14. The van der Waals surface area contributed by atoms with Crippen molar-refractivity contribution in [3.05, 3.63) is 29.6 Å². The SMILES string of the molecule is C#CCOC(=O)c1ccncc1CC. The van der Waals surface area contributed by atoms with E-state index in [4.69, 9.17) is 11.2 Å². The van der Waals surface area contributed by atoms with Crippen LogP contribution < -0.4 is 0 Å². The van der Waals surface area contributed by atoms with Gasteiger partial charge in [0.2, 0.25) is 0 Å². The summed E-state index contributed by atoms with van der Waals surface area (Å²) in [4.78, 5) is 15.4. The maximum Gasteiger partial charge on any atom is 0.339 e. The molecule has 0 saturated heterocycles. The van der Waals surface area contributed by atoms with E-state index >= 15 is 0 Å². The molecule has 0 radical (unpaired) electrons. The van der Waals surface area contributed by atoms with Gasteiger partial charge in [-0.1, -0.05) is 12.8 Å². The van der Waals surface area contributed by atoms with E-state index in [1.54, 1.807) is 18.5 Å². The Kier molecular flexibility index (Phi) is 3.69. The molecule has 0 unspecified atom stereocenters. The number of pyridine rings is 1. The summed E-state index contributed by atoms with van der Waals surface area (Å²) in [5, 5.41) is 0. The van der Waals surface area contributed by atoms with Crippen LogP contribution in [0.15, 0.2) is 18.5 Å². The van der Waals surface area contributed by atoms with Crippen molar-refractivity contribution in [2.75, 3.05) is 6.61 Å². The first kappa shape index (κ1) is 10.3. The van der Waals surface area contributed by atoms with Crippen LogP contribution in [0.5, 0.6) is 0 Å². The standard InChI is InChI=1S/C11H11NO2/c1-3-7-14-11(13)10-5-6-12-8-9(10)4-2/h1,5-6,8H,4,7H2,2H3. The van der Waals surface area contributed by atoms with Crippen molar-refractivity contribution in [3.63, 3.8) is 0 Å². The Morgan fingerprint density at radius 2 is 2.50 bits per heavy atom. The number of hydrogen-bond acceptors (Lipinski definition) is 3. The molecule has 1 aromatic rings. The predicted octanol–water partition coefficient (Wildman–Crippen LogP) is 1.43. The predicted molar refractivity (Wildman–Crippen MR) is 52.7 cm³/mol. The van der Waals surface area contributed by atoms with Gasteiger partial charge in [-0.15, -0.1) is 6.42 Å². The molecule has 3 nitrogen and oxygen atoms in total. The lowest BCUT2D eigenvalue weighted by Crippen LogP contribution is -2.08. The van der Waals surface area contributed by atoms with E-state index < -0.39 is 0 Å². The molecule has 72 valence electrons. The fraction of sp³-hybridized carbons (Fsp3) is 0.273. The Hall–Kier alpha value is -1.82. The molecule has 1 aromatic heterocycles. The van der Waals surface area contributed by atoms with Gasteiger partial charge in [0.25, 0.3) is 0 Å². The smallest absolute Gasteiger partial charge is 0.339 e. The second kappa shape index (κ2) is 5.03. The highest BCUT2D eigenvalue weighted by molar-refractivity contribution is 5.90. The lowest BCUT2D eigenvalue weighted by molar-refractivity contribution is 0.0555. The van der Waals surface area contributed by atoms with E-state index in [-0.39, 0.29) is 12.6 Å². The van der Waals surface area contributed by atoms with Crippen molar-refractivity contribution in [1.29, 1.82) is 0 Å². The molecular formula is C11H11NO2. The van der Waals surface area contributed by atoms with Gasteiger partial charge in [-0.25, -0.2) is 4.79 Å². The van der Waals surface area contributed by atoms with E-state index in [0.717, 1.165) is 12.0 Å². The van der Waals surface area contributed by atoms with Crippen LogP contribution in [-0.4, -0.2) is 17.6 Å². The Balaban J connectivity index is 2.84. The maximum atomic E-state index is 11.4. The molecule has 0 saturated carbocycles. The molecule has 3 heteroatoms. The lowest BCUT2D eigenvalue weighted by Gasteiger charge is -2.04. The average molecular weight is 189 g/mol. The number of nitrogens with zero attached hydrogens (tertiary/aromatic N) is 1. The topological polar surface area (TPSA) is 39.2 Å². The molecule has 14 heavy (non-hydrogen) atoms. The molecule has 1 rings (SSSR count). The third-order valence-electron chi connectivity index (χ3n) is 1.79. The second-order valence-electron chi connectivity index (χ2n) is 2.67. The molecular weight excluding hydrogens is 178 g/mol. The Labute approximate surface area is 83.1 Å². The van der Waals surface area contributed by atoms with Crippen molar-refractivity contribution in [1.82, 2.24) is 4.98 Å². The first-order valence-corrected chi connectivity index (χ1v) is 4.33. The van der Waals surface area contributed by atoms with Crippen molar-refractivity contribution in [3.8, 4) is 12.3 Å². The molecule has 0 spiro atoms. The quantitative estimate of drug-likeness (QED) is 0.533. The van der Waals surface area contributed by atoms with E-state index in [1.165, 1.54) is 0 Å². The first-order chi connectivity index (χ1) is 6.79. The van der Waals surface area contributed by atoms with Crippen LogP contribution in [0.4, 0.5) is 0 Å². The summed E-state index contributed by atoms with van der Waals surface area (Å²) in [7, 11) is 0. The fourth-order valence-corrected chi connectivity index (χ4v) is 1.09. The van der Waals surface area contributed by atoms with Crippen molar-refractivity contribution >= 4 is 5.97 Å². The summed E-state index contributed by atoms with van der Waals surface area (Å²) < 4.78 is 4.82. The van der Waals surface area contributed by atoms with Crippen LogP contribution in [0.1, 0.15) is 22.8 Å². The molecule has 0 aromatic carbocycles. The van der Waals surface area contributed by atoms with E-state index in [9.17, 15) is 4.79 Å². The van der Waals surface area contributed by atoms with Crippen molar-refractivity contribution < 1.29 is 9.53 Å². The first-order valence-electron chi connectivity index (χ1n) is 4.33. The largest absolute Gasteiger partial charge is 0.449 e. The van der Waals surface area contributed by atoms with Gasteiger partial charge in [0.1, 0.15) is 0 Å². The average Bonchev–Trinajstić information content (AvgIpc) is 2.25. The van der Waals surface area contributed by atoms with E-state index in [1.807, 2.05) is 6.92 Å². The van der Waals surface area contributed by atoms with Gasteiger partial charge in [0.15, 0.2) is 6.61 Å². The molecule has 0 aliphatic carbocycles. The summed E-state index contributed by atoms with van der Waals surface area (Å²) in [5.74, 6) is 1.86. The number of terminal acetylenes is 1. The Morgan fingerprint density at radius 3 is 3.14 bits per heavy atom. The number of esters is 1. The minimum Gasteiger partial charge on any atom is -0.449 e. The van der Waals surface area contributed by atoms with Gasteiger partial charge in [-0.3, -0.25) is 4.98 Å². The van der Waals surface area contributed by atoms with Crippen molar-refractivity contribution in [2.24, 2.45) is 0 Å². The molecule has 1 heterocycles. The molecule has 0 aliphatic heterocycles. The number of hydrogen-bond donors (Lipinski definition) is 0. The van der Waals surface area contributed by atoms with E-state index in [2.05, 4.69) is 10.9 Å². The summed E-state index contributed by atoms with van der Waals surface area (Å²) in [6.45, 7) is 1.96. The minimum absolute atomic E-state index is 0.00428. The number of rotatable bonds is 3. The monoisotopic (exact) mass is 189 g/mol. The van der Waals surface area contributed by atoms with Gasteiger partial charge in [-0.05, 0) is 18.1 Å². The van der Waals surface area contributed by atoms with Crippen LogP contribution >= 0.6 is 0 Å². The lowest BCUT2D eigenvalue weighted by atomic mass is 10.1. The van der Waals surface area contributed by atoms with Crippen LogP contribution in [0, 0.1) is 12.3 Å². The molecule has 0 fully saturated rings. The van der Waals surface area contributed by atoms with Gasteiger partial charge in [0.05, 0.1) is 5.56 Å². The third kappa shape index (κ3) is 2.33. The van der Waals surface area contributed by atoms with Crippen LogP contribution in [0.25, 0.3) is 0 Å². The van der Waals surface area contributed by atoms with Gasteiger partial charge in [-0.2, -0.15) is 0 Å². The van der Waals surface area contributed by atoms with Crippen LogP contribution in [0.3, 0.4) is 0 Å². The van der Waals surface area contributed by atoms with Gasteiger partial charge >= 0.3 is 5.97 Å². The Morgan fingerprint density at radius 1 is 1.71 bits per heavy atom. The number of carbonyl (C=O) groups excluding carboxylic acids is 1. The molecule has 0 bridgehead atoms. The molecule has 0 atom stereocenters. The fourth-order valence-electron chi connectivity index (χ4n) is 1.09. The van der Waals surface area contributed by atoms with Crippen molar-refractivity contribution in [2.45, 2.75) is 13.3 Å². The Bertz CT molecular complexity index is 366. The highest BCUT2D eigenvalue weighted by atomic mass is 16.5. The van der Waals surface area contributed by atoms with E-state index in [0.29, 0.717) is 5.56 Å². The minimum atomic E-state index is -0.387. The zero-order valence-corrected chi connectivity index (χ0v) is 7.99. The third-order valence-corrected chi connectivity index (χ3v) is 1.79. The zero-order valence-electron chi connectivity index (χ0n) is 7.99. The molecule has 0 amide bonds. The van der Waals surface area contributed by atoms with Gasteiger partial charge in [0, 0.05) is 12.4 Å². The number of carbonyl (C=O) groups is 1. The summed E-state index contributed by atoms with van der Waals surface area (Å²) in [5.41, 5.74) is 1.41. The number of aryl methyl sites for hydroxylation is 1. The zero-order chi connectivity index (χ0) is 10.4.